The number of methoxy groups -OCH3 is 1. The van der Waals surface area contributed by atoms with Crippen LogP contribution in [-0.2, 0) is 11.2 Å². The molecule has 0 fully saturated rings. The molecular weight excluding hydrogens is 398 g/mol. The first-order valence-electron chi connectivity index (χ1n) is 7.91. The molecule has 0 aliphatic heterocycles. The lowest BCUT2D eigenvalue weighted by Crippen LogP contribution is -2.11. The van der Waals surface area contributed by atoms with E-state index in [1.807, 2.05) is 31.2 Å². The summed E-state index contributed by atoms with van der Waals surface area (Å²) in [6, 6.07) is 9.56. The Bertz CT molecular complexity index is 846. The van der Waals surface area contributed by atoms with Gasteiger partial charge in [0, 0.05) is 16.3 Å². The fourth-order valence-corrected chi connectivity index (χ4v) is 2.97. The summed E-state index contributed by atoms with van der Waals surface area (Å²) < 4.78 is 11.7. The van der Waals surface area contributed by atoms with Gasteiger partial charge >= 0.3 is 5.97 Å². The molecule has 1 N–H and O–H groups in total. The minimum absolute atomic E-state index is 0.406. The van der Waals surface area contributed by atoms with E-state index in [1.165, 1.54) is 7.11 Å². The van der Waals surface area contributed by atoms with Crippen LogP contribution in [0.5, 0.6) is 11.5 Å². The smallest absolute Gasteiger partial charge is 0.341 e. The van der Waals surface area contributed by atoms with Crippen LogP contribution in [0.4, 0.5) is 5.69 Å². The highest BCUT2D eigenvalue weighted by molar-refractivity contribution is 9.10. The van der Waals surface area contributed by atoms with E-state index in [4.69, 9.17) is 14.6 Å². The summed E-state index contributed by atoms with van der Waals surface area (Å²) in [5.74, 6) is -0.190. The molecule has 26 heavy (non-hydrogen) atoms. The second-order valence-corrected chi connectivity index (χ2v) is 6.45. The van der Waals surface area contributed by atoms with Gasteiger partial charge in [-0.05, 0) is 64.7 Å². The van der Waals surface area contributed by atoms with E-state index in [0.29, 0.717) is 17.9 Å². The Morgan fingerprint density at radius 3 is 2.73 bits per heavy atom. The third-order valence-electron chi connectivity index (χ3n) is 3.53. The third kappa shape index (κ3) is 5.20. The van der Waals surface area contributed by atoms with E-state index < -0.39 is 12.6 Å². The molecule has 2 aromatic rings. The lowest BCUT2D eigenvalue weighted by Gasteiger charge is -2.14. The fraction of sp³-hybridized carbons (Fsp3) is 0.200. The van der Waals surface area contributed by atoms with Crippen molar-refractivity contribution in [1.82, 2.24) is 0 Å². The van der Waals surface area contributed by atoms with Crippen LogP contribution in [0.3, 0.4) is 0 Å². The Balaban J connectivity index is 2.39. The number of allylic oxidation sites excluding steroid dienone is 1. The van der Waals surface area contributed by atoms with Crippen LogP contribution in [0.2, 0.25) is 0 Å². The minimum atomic E-state index is -1.05. The summed E-state index contributed by atoms with van der Waals surface area (Å²) in [7, 11) is 1.51. The second kappa shape index (κ2) is 9.20. The molecule has 0 aromatic heterocycles. The number of carbonyl (C=O) groups is 1. The molecule has 0 spiro atoms. The number of hydrogen-bond acceptors (Lipinski definition) is 4. The highest BCUT2D eigenvalue weighted by Crippen LogP contribution is 2.33. The number of rotatable bonds is 8. The zero-order chi connectivity index (χ0) is 19.1. The minimum Gasteiger partial charge on any atom is -0.493 e. The normalized spacial score (nSPS) is 10.7. The molecule has 0 unspecified atom stereocenters. The van der Waals surface area contributed by atoms with Gasteiger partial charge in [0.05, 0.1) is 12.8 Å². The first kappa shape index (κ1) is 19.7. The molecule has 0 aliphatic rings. The average Bonchev–Trinajstić information content (AvgIpc) is 2.59. The Hall–Kier alpha value is -2.60. The number of nitrogens with zero attached hydrogens (tertiary/aromatic N) is 1. The van der Waals surface area contributed by atoms with Crippen LogP contribution in [0, 0.1) is 6.92 Å². The van der Waals surface area contributed by atoms with Crippen molar-refractivity contribution in [3.63, 3.8) is 0 Å². The van der Waals surface area contributed by atoms with Crippen molar-refractivity contribution in [2.24, 2.45) is 4.99 Å². The number of ether oxygens (including phenoxy) is 2. The zero-order valence-corrected chi connectivity index (χ0v) is 16.2. The van der Waals surface area contributed by atoms with Gasteiger partial charge in [-0.3, -0.25) is 4.99 Å². The topological polar surface area (TPSA) is 68.1 Å². The monoisotopic (exact) mass is 417 g/mol. The van der Waals surface area contributed by atoms with Gasteiger partial charge in [-0.25, -0.2) is 4.79 Å². The van der Waals surface area contributed by atoms with E-state index in [9.17, 15) is 4.79 Å². The number of aryl methyl sites for hydroxylation is 1. The van der Waals surface area contributed by atoms with Crippen molar-refractivity contribution < 1.29 is 19.4 Å². The Morgan fingerprint density at radius 2 is 2.12 bits per heavy atom. The summed E-state index contributed by atoms with van der Waals surface area (Å²) in [5.41, 5.74) is 3.55. The Kier molecular flexibility index (Phi) is 6.97. The highest BCUT2D eigenvalue weighted by atomic mass is 79.9. The number of halogens is 1. The summed E-state index contributed by atoms with van der Waals surface area (Å²) in [6.07, 6.45) is 3.96. The van der Waals surface area contributed by atoms with Gasteiger partial charge in [0.25, 0.3) is 0 Å². The predicted octanol–water partition coefficient (Wildman–Crippen LogP) is 4.71. The molecular formula is C20H20BrNO4. The molecule has 0 radical (unpaired) electrons. The summed E-state index contributed by atoms with van der Waals surface area (Å²) in [5, 5.41) is 8.86. The molecule has 6 heteroatoms. The van der Waals surface area contributed by atoms with Gasteiger partial charge in [-0.1, -0.05) is 12.1 Å². The standard InChI is InChI=1S/C20H20BrNO4/c1-4-5-15-9-14(10-18(25-3)20(15)26-12-19(23)24)11-22-17-7-6-13(2)8-16(17)21/h4,6-11H,1,5,12H2,2-3H3,(H,23,24). The van der Waals surface area contributed by atoms with Gasteiger partial charge in [0.1, 0.15) is 0 Å². The first-order valence-corrected chi connectivity index (χ1v) is 8.70. The van der Waals surface area contributed by atoms with Crippen LogP contribution in [0.1, 0.15) is 16.7 Å². The average molecular weight is 418 g/mol. The summed E-state index contributed by atoms with van der Waals surface area (Å²) >= 11 is 3.51. The lowest BCUT2D eigenvalue weighted by molar-refractivity contribution is -0.139. The molecule has 0 aliphatic carbocycles. The van der Waals surface area contributed by atoms with Crippen LogP contribution in [0.15, 0.2) is 52.5 Å². The molecule has 136 valence electrons. The van der Waals surface area contributed by atoms with E-state index in [1.54, 1.807) is 18.4 Å². The summed E-state index contributed by atoms with van der Waals surface area (Å²) in [6.45, 7) is 5.31. The maximum atomic E-state index is 10.8. The molecule has 0 bridgehead atoms. The van der Waals surface area contributed by atoms with Gasteiger partial charge in [-0.2, -0.15) is 0 Å². The molecule has 0 amide bonds. The fourth-order valence-electron chi connectivity index (χ4n) is 2.38. The number of carboxylic acids is 1. The van der Waals surface area contributed by atoms with E-state index in [-0.39, 0.29) is 0 Å². The number of hydrogen-bond donors (Lipinski definition) is 1. The number of aliphatic carboxylic acids is 1. The van der Waals surface area contributed by atoms with Crippen molar-refractivity contribution in [2.45, 2.75) is 13.3 Å². The molecule has 2 aromatic carbocycles. The van der Waals surface area contributed by atoms with Crippen LogP contribution >= 0.6 is 15.9 Å². The number of carboxylic acid groups (broad SMARTS) is 1. The Morgan fingerprint density at radius 1 is 1.35 bits per heavy atom. The van der Waals surface area contributed by atoms with E-state index in [2.05, 4.69) is 27.5 Å². The van der Waals surface area contributed by atoms with Crippen LogP contribution in [-0.4, -0.2) is 31.0 Å². The SMILES string of the molecule is C=CCc1cc(C=Nc2ccc(C)cc2Br)cc(OC)c1OCC(=O)O. The largest absolute Gasteiger partial charge is 0.493 e. The van der Waals surface area contributed by atoms with Crippen molar-refractivity contribution in [3.05, 3.63) is 64.1 Å². The van der Waals surface area contributed by atoms with Gasteiger partial charge in [-0.15, -0.1) is 6.58 Å². The van der Waals surface area contributed by atoms with E-state index >= 15 is 0 Å². The number of benzene rings is 2. The number of aliphatic imine (C=N–C) groups is 1. The first-order chi connectivity index (χ1) is 12.4. The highest BCUT2D eigenvalue weighted by Gasteiger charge is 2.13. The molecule has 2 rings (SSSR count). The third-order valence-corrected chi connectivity index (χ3v) is 4.17. The molecule has 0 heterocycles. The second-order valence-electron chi connectivity index (χ2n) is 5.60. The van der Waals surface area contributed by atoms with Gasteiger partial charge < -0.3 is 14.6 Å². The summed E-state index contributed by atoms with van der Waals surface area (Å²) in [4.78, 5) is 15.3. The van der Waals surface area contributed by atoms with Crippen molar-refractivity contribution >= 4 is 33.8 Å². The Labute approximate surface area is 161 Å². The molecule has 0 saturated carbocycles. The quantitative estimate of drug-likeness (QED) is 0.498. The maximum absolute atomic E-state index is 10.8. The van der Waals surface area contributed by atoms with Crippen molar-refractivity contribution in [3.8, 4) is 11.5 Å². The van der Waals surface area contributed by atoms with E-state index in [0.717, 1.165) is 26.9 Å². The maximum Gasteiger partial charge on any atom is 0.341 e. The molecule has 5 nitrogen and oxygen atoms in total. The zero-order valence-electron chi connectivity index (χ0n) is 14.7. The van der Waals surface area contributed by atoms with Crippen molar-refractivity contribution in [1.29, 1.82) is 0 Å². The molecule has 0 saturated heterocycles. The van der Waals surface area contributed by atoms with Crippen LogP contribution in [0.25, 0.3) is 0 Å². The van der Waals surface area contributed by atoms with Crippen LogP contribution < -0.4 is 9.47 Å². The lowest BCUT2D eigenvalue weighted by atomic mass is 10.1. The predicted molar refractivity (Wildman–Crippen MR) is 106 cm³/mol. The van der Waals surface area contributed by atoms with Crippen molar-refractivity contribution in [2.75, 3.05) is 13.7 Å². The van der Waals surface area contributed by atoms with Gasteiger partial charge in [0.15, 0.2) is 18.1 Å². The molecule has 0 atom stereocenters. The van der Waals surface area contributed by atoms with Gasteiger partial charge in [0.2, 0.25) is 0 Å².